The summed E-state index contributed by atoms with van der Waals surface area (Å²) in [5, 5.41) is 8.90. The number of aromatic nitrogens is 2. The number of rotatable bonds is 3. The highest BCUT2D eigenvalue weighted by molar-refractivity contribution is 5.90. The first-order valence-corrected chi connectivity index (χ1v) is 5.68. The van der Waals surface area contributed by atoms with Gasteiger partial charge in [0.2, 0.25) is 5.95 Å². The molecular formula is C11H15ClN4O3. The van der Waals surface area contributed by atoms with Crippen LogP contribution in [-0.2, 0) is 4.79 Å². The fraction of sp³-hybridized carbons (Fsp3) is 0.455. The molecular weight excluding hydrogens is 272 g/mol. The zero-order valence-electron chi connectivity index (χ0n) is 10.2. The average Bonchev–Trinajstić information content (AvgIpc) is 2.39. The van der Waals surface area contributed by atoms with Crippen LogP contribution in [0.5, 0.6) is 0 Å². The Bertz CT molecular complexity index is 475. The maximum absolute atomic E-state index is 11.0. The second kappa shape index (κ2) is 6.33. The van der Waals surface area contributed by atoms with E-state index in [0.717, 1.165) is 0 Å². The molecule has 1 amide bonds. The van der Waals surface area contributed by atoms with Gasteiger partial charge in [-0.2, -0.15) is 0 Å². The molecule has 1 fully saturated rings. The Morgan fingerprint density at radius 3 is 2.53 bits per heavy atom. The lowest BCUT2D eigenvalue weighted by molar-refractivity contribution is -0.142. The van der Waals surface area contributed by atoms with E-state index < -0.39 is 11.9 Å². The van der Waals surface area contributed by atoms with Crippen molar-refractivity contribution < 1.29 is 14.7 Å². The third kappa shape index (κ3) is 3.54. The van der Waals surface area contributed by atoms with Gasteiger partial charge in [-0.3, -0.25) is 9.59 Å². The van der Waals surface area contributed by atoms with E-state index >= 15 is 0 Å². The molecule has 0 spiro atoms. The van der Waals surface area contributed by atoms with Crippen LogP contribution in [0.3, 0.4) is 0 Å². The number of hydrogen-bond donors (Lipinski definition) is 2. The summed E-state index contributed by atoms with van der Waals surface area (Å²) in [5.74, 6) is -1.24. The summed E-state index contributed by atoms with van der Waals surface area (Å²) in [6.07, 6.45) is 2.59. The molecule has 0 bridgehead atoms. The molecule has 0 aliphatic carbocycles. The van der Waals surface area contributed by atoms with Crippen molar-refractivity contribution in [2.75, 3.05) is 18.0 Å². The van der Waals surface area contributed by atoms with Gasteiger partial charge in [-0.15, -0.1) is 12.4 Å². The van der Waals surface area contributed by atoms with E-state index in [1.165, 1.54) is 12.3 Å². The van der Waals surface area contributed by atoms with Crippen molar-refractivity contribution in [2.45, 2.75) is 12.8 Å². The van der Waals surface area contributed by atoms with Crippen molar-refractivity contribution in [1.29, 1.82) is 0 Å². The molecule has 8 heteroatoms. The lowest BCUT2D eigenvalue weighted by Crippen LogP contribution is -2.37. The first-order chi connectivity index (χ1) is 8.58. The largest absolute Gasteiger partial charge is 0.481 e. The number of halogens is 1. The van der Waals surface area contributed by atoms with Crippen LogP contribution < -0.4 is 10.6 Å². The number of carbonyl (C=O) groups excluding carboxylic acids is 1. The summed E-state index contributed by atoms with van der Waals surface area (Å²) in [5.41, 5.74) is 5.32. The minimum absolute atomic E-state index is 0. The van der Waals surface area contributed by atoms with E-state index in [0.29, 0.717) is 31.9 Å². The molecule has 104 valence electrons. The Kier molecular flexibility index (Phi) is 5.05. The number of carboxylic acid groups (broad SMARTS) is 1. The van der Waals surface area contributed by atoms with E-state index in [1.807, 2.05) is 4.90 Å². The van der Waals surface area contributed by atoms with Gasteiger partial charge in [-0.1, -0.05) is 0 Å². The van der Waals surface area contributed by atoms with Crippen LogP contribution in [0.15, 0.2) is 12.3 Å². The van der Waals surface area contributed by atoms with Crippen molar-refractivity contribution in [2.24, 2.45) is 11.7 Å². The van der Waals surface area contributed by atoms with E-state index in [2.05, 4.69) is 9.97 Å². The van der Waals surface area contributed by atoms with Gasteiger partial charge in [-0.25, -0.2) is 9.97 Å². The van der Waals surface area contributed by atoms with Gasteiger partial charge >= 0.3 is 5.97 Å². The summed E-state index contributed by atoms with van der Waals surface area (Å²) < 4.78 is 0. The number of anilines is 1. The number of aliphatic carboxylic acids is 1. The lowest BCUT2D eigenvalue weighted by atomic mass is 9.97. The van der Waals surface area contributed by atoms with Gasteiger partial charge < -0.3 is 15.7 Å². The zero-order chi connectivity index (χ0) is 13.1. The highest BCUT2D eigenvalue weighted by Crippen LogP contribution is 2.20. The Labute approximate surface area is 116 Å². The van der Waals surface area contributed by atoms with Gasteiger partial charge in [0.05, 0.1) is 5.92 Å². The molecule has 1 aromatic rings. The molecule has 0 radical (unpaired) electrons. The summed E-state index contributed by atoms with van der Waals surface area (Å²) in [6.45, 7) is 1.14. The summed E-state index contributed by atoms with van der Waals surface area (Å²) in [6, 6.07) is 1.45. The maximum Gasteiger partial charge on any atom is 0.306 e. The van der Waals surface area contributed by atoms with Crippen molar-refractivity contribution >= 4 is 30.2 Å². The molecule has 7 nitrogen and oxygen atoms in total. The topological polar surface area (TPSA) is 109 Å². The third-order valence-electron chi connectivity index (χ3n) is 3.02. The number of hydrogen-bond acceptors (Lipinski definition) is 5. The van der Waals surface area contributed by atoms with E-state index in [4.69, 9.17) is 10.8 Å². The van der Waals surface area contributed by atoms with Crippen LogP contribution in [0, 0.1) is 5.92 Å². The normalized spacial score (nSPS) is 15.7. The first-order valence-electron chi connectivity index (χ1n) is 5.68. The second-order valence-electron chi connectivity index (χ2n) is 4.21. The average molecular weight is 287 g/mol. The standard InChI is InChI=1S/C11H14N4O3.ClH/c12-9(16)8-1-4-13-11(14-8)15-5-2-7(3-6-15)10(17)18;/h1,4,7H,2-3,5-6H2,(H2,12,16)(H,17,18);1H. The van der Waals surface area contributed by atoms with E-state index in [1.54, 1.807) is 0 Å². The molecule has 2 rings (SSSR count). The Morgan fingerprint density at radius 2 is 2.00 bits per heavy atom. The molecule has 3 N–H and O–H groups in total. The molecule has 0 aromatic carbocycles. The predicted molar refractivity (Wildman–Crippen MR) is 70.4 cm³/mol. The van der Waals surface area contributed by atoms with Gasteiger partial charge in [0.25, 0.3) is 5.91 Å². The summed E-state index contributed by atoms with van der Waals surface area (Å²) in [4.78, 5) is 31.8. The van der Waals surface area contributed by atoms with Gasteiger partial charge in [0, 0.05) is 19.3 Å². The molecule has 1 aromatic heterocycles. The van der Waals surface area contributed by atoms with Gasteiger partial charge in [-0.05, 0) is 18.9 Å². The van der Waals surface area contributed by atoms with Crippen LogP contribution in [0.25, 0.3) is 0 Å². The number of carbonyl (C=O) groups is 2. The minimum atomic E-state index is -0.763. The molecule has 0 unspecified atom stereocenters. The summed E-state index contributed by atoms with van der Waals surface area (Å²) in [7, 11) is 0. The number of piperidine rings is 1. The molecule has 1 aliphatic rings. The fourth-order valence-electron chi connectivity index (χ4n) is 1.96. The van der Waals surface area contributed by atoms with Crippen molar-refractivity contribution in [1.82, 2.24) is 9.97 Å². The number of amides is 1. The molecule has 19 heavy (non-hydrogen) atoms. The molecule has 1 saturated heterocycles. The van der Waals surface area contributed by atoms with E-state index in [9.17, 15) is 9.59 Å². The van der Waals surface area contributed by atoms with Crippen LogP contribution in [-0.4, -0.2) is 40.0 Å². The van der Waals surface area contributed by atoms with Crippen LogP contribution in [0.1, 0.15) is 23.3 Å². The molecule has 2 heterocycles. The zero-order valence-corrected chi connectivity index (χ0v) is 11.0. The lowest BCUT2D eigenvalue weighted by Gasteiger charge is -2.30. The molecule has 1 aliphatic heterocycles. The quantitative estimate of drug-likeness (QED) is 0.827. The van der Waals surface area contributed by atoms with E-state index in [-0.39, 0.29) is 24.0 Å². The number of nitrogens with zero attached hydrogens (tertiary/aromatic N) is 3. The van der Waals surface area contributed by atoms with Crippen molar-refractivity contribution in [3.63, 3.8) is 0 Å². The second-order valence-corrected chi connectivity index (χ2v) is 4.21. The Hall–Kier alpha value is -1.89. The first kappa shape index (κ1) is 15.2. The molecule has 0 saturated carbocycles. The highest BCUT2D eigenvalue weighted by atomic mass is 35.5. The molecule has 0 atom stereocenters. The predicted octanol–water partition coefficient (Wildman–Crippen LogP) is 0.298. The maximum atomic E-state index is 11.0. The number of nitrogens with two attached hydrogens (primary N) is 1. The number of primary amides is 1. The smallest absolute Gasteiger partial charge is 0.306 e. The Morgan fingerprint density at radius 1 is 1.37 bits per heavy atom. The summed E-state index contributed by atoms with van der Waals surface area (Å²) >= 11 is 0. The fourth-order valence-corrected chi connectivity index (χ4v) is 1.96. The van der Waals surface area contributed by atoms with Crippen LogP contribution in [0.4, 0.5) is 5.95 Å². The van der Waals surface area contributed by atoms with Crippen molar-refractivity contribution in [3.05, 3.63) is 18.0 Å². The minimum Gasteiger partial charge on any atom is -0.481 e. The van der Waals surface area contributed by atoms with Crippen molar-refractivity contribution in [3.8, 4) is 0 Å². The van der Waals surface area contributed by atoms with Crippen LogP contribution >= 0.6 is 12.4 Å². The Balaban J connectivity index is 0.00000180. The highest BCUT2D eigenvalue weighted by Gasteiger charge is 2.25. The van der Waals surface area contributed by atoms with Gasteiger partial charge in [0.15, 0.2) is 0 Å². The van der Waals surface area contributed by atoms with Crippen LogP contribution in [0.2, 0.25) is 0 Å². The third-order valence-corrected chi connectivity index (χ3v) is 3.02. The number of carboxylic acids is 1. The SMILES string of the molecule is Cl.NC(=O)c1ccnc(N2CCC(C(=O)O)CC2)n1. The monoisotopic (exact) mass is 286 g/mol. The van der Waals surface area contributed by atoms with Gasteiger partial charge in [0.1, 0.15) is 5.69 Å².